The van der Waals surface area contributed by atoms with Gasteiger partial charge in [0.1, 0.15) is 0 Å². The highest BCUT2D eigenvalue weighted by molar-refractivity contribution is 9.10. The number of aryl methyl sites for hydroxylation is 1. The van der Waals surface area contributed by atoms with E-state index in [2.05, 4.69) is 44.5 Å². The average molecular weight is 341 g/mol. The maximum absolute atomic E-state index is 6.05. The second kappa shape index (κ2) is 5.27. The Hall–Kier alpha value is -0.840. The Morgan fingerprint density at radius 2 is 2.26 bits per heavy atom. The van der Waals surface area contributed by atoms with Crippen molar-refractivity contribution < 1.29 is 0 Å². The number of hydrogen-bond donors (Lipinski definition) is 1. The lowest BCUT2D eigenvalue weighted by atomic mass is 10.2. The van der Waals surface area contributed by atoms with Gasteiger partial charge in [-0.2, -0.15) is 5.10 Å². The highest BCUT2D eigenvalue weighted by Crippen LogP contribution is 2.25. The van der Waals surface area contributed by atoms with Crippen molar-refractivity contribution in [2.45, 2.75) is 32.4 Å². The number of nitrogens with zero attached hydrogens (tertiary/aromatic N) is 2. The fraction of sp³-hybridized carbons (Fsp3) is 0.357. The monoisotopic (exact) mass is 339 g/mol. The van der Waals surface area contributed by atoms with Gasteiger partial charge in [0.05, 0.1) is 16.4 Å². The van der Waals surface area contributed by atoms with Gasteiger partial charge in [0.2, 0.25) is 0 Å². The van der Waals surface area contributed by atoms with Gasteiger partial charge in [0.25, 0.3) is 0 Å². The molecule has 0 saturated heterocycles. The molecule has 1 saturated carbocycles. The molecular formula is C14H15BrClN3. The first-order chi connectivity index (χ1) is 9.13. The third-order valence-electron chi connectivity index (χ3n) is 3.27. The normalized spacial score (nSPS) is 14.9. The molecule has 0 bridgehead atoms. The third-order valence-corrected chi connectivity index (χ3v) is 4.28. The molecule has 0 amide bonds. The zero-order valence-electron chi connectivity index (χ0n) is 10.7. The minimum atomic E-state index is 0.686. The van der Waals surface area contributed by atoms with Crippen molar-refractivity contribution >= 4 is 27.5 Å². The Kier molecular flexibility index (Phi) is 3.65. The second-order valence-corrected chi connectivity index (χ2v) is 6.21. The van der Waals surface area contributed by atoms with E-state index in [-0.39, 0.29) is 0 Å². The summed E-state index contributed by atoms with van der Waals surface area (Å²) in [6.07, 6.45) is 4.45. The zero-order valence-corrected chi connectivity index (χ0v) is 13.0. The van der Waals surface area contributed by atoms with Crippen LogP contribution in [0.5, 0.6) is 0 Å². The van der Waals surface area contributed by atoms with Crippen LogP contribution < -0.4 is 5.32 Å². The van der Waals surface area contributed by atoms with Gasteiger partial charge in [-0.15, -0.1) is 0 Å². The number of benzene rings is 1. The van der Waals surface area contributed by atoms with E-state index >= 15 is 0 Å². The molecule has 3 nitrogen and oxygen atoms in total. The smallest absolute Gasteiger partial charge is 0.0819 e. The van der Waals surface area contributed by atoms with Gasteiger partial charge in [0.15, 0.2) is 0 Å². The van der Waals surface area contributed by atoms with Gasteiger partial charge in [-0.3, -0.25) is 0 Å². The summed E-state index contributed by atoms with van der Waals surface area (Å²) in [7, 11) is 0. The molecule has 0 atom stereocenters. The second-order valence-electron chi connectivity index (χ2n) is 4.95. The molecule has 0 aliphatic heterocycles. The van der Waals surface area contributed by atoms with Crippen LogP contribution in [0.4, 0.5) is 0 Å². The van der Waals surface area contributed by atoms with Crippen LogP contribution in [0.3, 0.4) is 0 Å². The first-order valence-corrected chi connectivity index (χ1v) is 7.54. The molecule has 0 radical (unpaired) electrons. The molecule has 5 heteroatoms. The lowest BCUT2D eigenvalue weighted by Gasteiger charge is -2.08. The van der Waals surface area contributed by atoms with E-state index in [1.54, 1.807) is 4.68 Å². The summed E-state index contributed by atoms with van der Waals surface area (Å²) in [5.74, 6) is 0. The van der Waals surface area contributed by atoms with Crippen molar-refractivity contribution in [2.75, 3.05) is 0 Å². The lowest BCUT2D eigenvalue weighted by molar-refractivity contribution is 0.687. The van der Waals surface area contributed by atoms with Crippen molar-refractivity contribution in [1.29, 1.82) is 0 Å². The van der Waals surface area contributed by atoms with Gasteiger partial charge < -0.3 is 5.32 Å². The number of hydrogen-bond acceptors (Lipinski definition) is 2. The molecule has 1 aliphatic rings. The van der Waals surface area contributed by atoms with Crippen LogP contribution in [0.2, 0.25) is 5.02 Å². The first kappa shape index (κ1) is 13.2. The molecule has 0 unspecified atom stereocenters. The molecule has 1 aliphatic carbocycles. The van der Waals surface area contributed by atoms with Crippen molar-refractivity contribution in [1.82, 2.24) is 15.1 Å². The molecule has 0 spiro atoms. The highest BCUT2D eigenvalue weighted by Gasteiger charge is 2.20. The van der Waals surface area contributed by atoms with E-state index in [0.29, 0.717) is 5.02 Å². The van der Waals surface area contributed by atoms with E-state index in [1.165, 1.54) is 18.4 Å². The van der Waals surface area contributed by atoms with Gasteiger partial charge in [-0.05, 0) is 53.4 Å². The highest BCUT2D eigenvalue weighted by atomic mass is 79.9. The van der Waals surface area contributed by atoms with Crippen LogP contribution in [0.1, 0.15) is 24.1 Å². The van der Waals surface area contributed by atoms with Crippen LogP contribution in [-0.4, -0.2) is 15.8 Å². The van der Waals surface area contributed by atoms with E-state index in [0.717, 1.165) is 28.4 Å². The Morgan fingerprint density at radius 3 is 2.84 bits per heavy atom. The van der Waals surface area contributed by atoms with Crippen LogP contribution >= 0.6 is 27.5 Å². The van der Waals surface area contributed by atoms with E-state index < -0.39 is 0 Å². The Balaban J connectivity index is 1.81. The topological polar surface area (TPSA) is 29.9 Å². The summed E-state index contributed by atoms with van der Waals surface area (Å²) < 4.78 is 2.83. The molecule has 100 valence electrons. The predicted octanol–water partition coefficient (Wildman–Crippen LogP) is 3.85. The molecule has 1 aromatic heterocycles. The van der Waals surface area contributed by atoms with E-state index in [9.17, 15) is 0 Å². The van der Waals surface area contributed by atoms with Gasteiger partial charge in [-0.1, -0.05) is 17.7 Å². The average Bonchev–Trinajstić information content (AvgIpc) is 3.14. The Morgan fingerprint density at radius 1 is 1.47 bits per heavy atom. The van der Waals surface area contributed by atoms with Crippen molar-refractivity contribution in [2.24, 2.45) is 0 Å². The molecule has 19 heavy (non-hydrogen) atoms. The van der Waals surface area contributed by atoms with Crippen molar-refractivity contribution in [3.05, 3.63) is 45.1 Å². The van der Waals surface area contributed by atoms with Crippen LogP contribution in [-0.2, 0) is 6.54 Å². The van der Waals surface area contributed by atoms with Crippen LogP contribution in [0.25, 0.3) is 5.69 Å². The summed E-state index contributed by atoms with van der Waals surface area (Å²) in [4.78, 5) is 0. The number of aromatic nitrogens is 2. The minimum Gasteiger partial charge on any atom is -0.310 e. The lowest BCUT2D eigenvalue weighted by Crippen LogP contribution is -2.15. The standard InChI is InChI=1S/C14H15BrClN3/c1-9-13(16)8-19(18-9)14-5-2-10(6-12(14)15)7-17-11-3-4-11/h2,5-6,8,11,17H,3-4,7H2,1H3. The predicted molar refractivity (Wildman–Crippen MR) is 80.9 cm³/mol. The third kappa shape index (κ3) is 3.02. The molecular weight excluding hydrogens is 326 g/mol. The van der Waals surface area contributed by atoms with Crippen LogP contribution in [0.15, 0.2) is 28.9 Å². The molecule has 1 N–H and O–H groups in total. The fourth-order valence-electron chi connectivity index (χ4n) is 1.96. The summed E-state index contributed by atoms with van der Waals surface area (Å²) in [5.41, 5.74) is 3.12. The minimum absolute atomic E-state index is 0.686. The van der Waals surface area contributed by atoms with E-state index in [4.69, 9.17) is 11.6 Å². The number of nitrogens with one attached hydrogen (secondary N) is 1. The Labute approximate surface area is 126 Å². The molecule has 2 aromatic rings. The number of halogens is 2. The summed E-state index contributed by atoms with van der Waals surface area (Å²) in [5, 5.41) is 8.59. The van der Waals surface area contributed by atoms with Crippen molar-refractivity contribution in [3.8, 4) is 5.69 Å². The molecule has 3 rings (SSSR count). The SMILES string of the molecule is Cc1nn(-c2ccc(CNC3CC3)cc2Br)cc1Cl. The van der Waals surface area contributed by atoms with E-state index in [1.807, 2.05) is 13.1 Å². The van der Waals surface area contributed by atoms with Gasteiger partial charge in [0, 0.05) is 23.3 Å². The maximum atomic E-state index is 6.05. The molecule has 1 heterocycles. The number of rotatable bonds is 4. The first-order valence-electron chi connectivity index (χ1n) is 6.37. The summed E-state index contributed by atoms with van der Waals surface area (Å²) >= 11 is 9.65. The molecule has 1 aromatic carbocycles. The fourth-order valence-corrected chi connectivity index (χ4v) is 2.70. The van der Waals surface area contributed by atoms with Gasteiger partial charge in [-0.25, -0.2) is 4.68 Å². The van der Waals surface area contributed by atoms with Crippen molar-refractivity contribution in [3.63, 3.8) is 0 Å². The maximum Gasteiger partial charge on any atom is 0.0819 e. The molecule has 1 fully saturated rings. The summed E-state index contributed by atoms with van der Waals surface area (Å²) in [6, 6.07) is 7.05. The Bertz CT molecular complexity index is 585. The van der Waals surface area contributed by atoms with Gasteiger partial charge >= 0.3 is 0 Å². The summed E-state index contributed by atoms with van der Waals surface area (Å²) in [6.45, 7) is 2.82. The largest absolute Gasteiger partial charge is 0.310 e. The van der Waals surface area contributed by atoms with Crippen LogP contribution in [0, 0.1) is 6.92 Å². The quantitative estimate of drug-likeness (QED) is 0.916. The zero-order chi connectivity index (χ0) is 13.4.